The summed E-state index contributed by atoms with van der Waals surface area (Å²) >= 11 is 19.2. The Morgan fingerprint density at radius 1 is 1.27 bits per heavy atom. The van der Waals surface area contributed by atoms with Crippen molar-refractivity contribution in [3.63, 3.8) is 0 Å². The molecule has 1 aromatic carbocycles. The molecule has 0 radical (unpaired) electrons. The number of hydrogen-bond acceptors (Lipinski definition) is 5. The molecule has 2 aromatic heterocycles. The second-order valence-corrected chi connectivity index (χ2v) is 11.0. The Hall–Kier alpha value is -2.41. The maximum Gasteiger partial charge on any atom is 0.149 e. The molecule has 2 unspecified atom stereocenters. The molecule has 1 aliphatic heterocycles. The second-order valence-electron chi connectivity index (χ2n) is 9.90. The van der Waals surface area contributed by atoms with E-state index >= 15 is 4.39 Å². The summed E-state index contributed by atoms with van der Waals surface area (Å²) in [4.78, 5) is 13.4. The lowest BCUT2D eigenvalue weighted by molar-refractivity contribution is 0.250. The van der Waals surface area contributed by atoms with Crippen molar-refractivity contribution in [1.29, 1.82) is 0 Å². The predicted molar refractivity (Wildman–Crippen MR) is 150 cm³/mol. The van der Waals surface area contributed by atoms with Gasteiger partial charge in [-0.05, 0) is 55.5 Å². The van der Waals surface area contributed by atoms with Crippen molar-refractivity contribution >= 4 is 46.7 Å². The average molecular weight is 562 g/mol. The van der Waals surface area contributed by atoms with Gasteiger partial charge in [0.25, 0.3) is 0 Å². The summed E-state index contributed by atoms with van der Waals surface area (Å²) < 4.78 is 22.0. The van der Waals surface area contributed by atoms with Crippen LogP contribution in [0.5, 0.6) is 5.75 Å². The minimum Gasteiger partial charge on any atom is -0.490 e. The van der Waals surface area contributed by atoms with Crippen LogP contribution in [0, 0.1) is 0 Å². The van der Waals surface area contributed by atoms with Gasteiger partial charge < -0.3 is 10.5 Å². The first-order valence-corrected chi connectivity index (χ1v) is 13.6. The van der Waals surface area contributed by atoms with Gasteiger partial charge in [-0.25, -0.2) is 14.4 Å². The summed E-state index contributed by atoms with van der Waals surface area (Å²) in [7, 11) is 0. The number of halogens is 4. The quantitative estimate of drug-likeness (QED) is 0.173. The summed E-state index contributed by atoms with van der Waals surface area (Å²) in [5.41, 5.74) is 9.75. The normalized spacial score (nSPS) is 18.6. The van der Waals surface area contributed by atoms with E-state index in [1.165, 1.54) is 0 Å². The molecule has 0 spiro atoms. The van der Waals surface area contributed by atoms with Crippen molar-refractivity contribution in [1.82, 2.24) is 9.97 Å². The topological polar surface area (TPSA) is 73.4 Å². The van der Waals surface area contributed by atoms with Crippen molar-refractivity contribution in [3.8, 4) is 17.0 Å². The molecule has 1 saturated carbocycles. The molecule has 2 N–H and O–H groups in total. The molecule has 194 valence electrons. The number of anilines is 1. The third-order valence-electron chi connectivity index (χ3n) is 7.09. The zero-order chi connectivity index (χ0) is 26.3. The van der Waals surface area contributed by atoms with E-state index in [0.717, 1.165) is 23.1 Å². The smallest absolute Gasteiger partial charge is 0.149 e. The van der Waals surface area contributed by atoms with Gasteiger partial charge >= 0.3 is 0 Å². The SMILES string of the molecule is CCCN=Cc1cc(CC(c2cc3c(c(-c4ccnc(Cl)c4Cl)n2)OCC3C)C2(F)CC2)cc(Cl)c1N. The van der Waals surface area contributed by atoms with Crippen LogP contribution in [0.4, 0.5) is 10.1 Å². The van der Waals surface area contributed by atoms with Crippen LogP contribution in [-0.2, 0) is 6.42 Å². The fourth-order valence-electron chi connectivity index (χ4n) is 4.82. The van der Waals surface area contributed by atoms with Gasteiger partial charge in [0.15, 0.2) is 0 Å². The van der Waals surface area contributed by atoms with Gasteiger partial charge in [0, 0.05) is 53.2 Å². The Morgan fingerprint density at radius 2 is 2.05 bits per heavy atom. The first-order chi connectivity index (χ1) is 17.7. The largest absolute Gasteiger partial charge is 0.490 e. The Balaban J connectivity index is 1.60. The third-order valence-corrected chi connectivity index (χ3v) is 8.16. The van der Waals surface area contributed by atoms with Crippen LogP contribution in [0.15, 0.2) is 35.5 Å². The number of aromatic nitrogens is 2. The molecule has 1 aliphatic carbocycles. The Kier molecular flexibility index (Phi) is 7.36. The van der Waals surface area contributed by atoms with Crippen LogP contribution in [0.3, 0.4) is 0 Å². The molecule has 2 atom stereocenters. The molecular weight excluding hydrogens is 534 g/mol. The number of pyridine rings is 2. The number of rotatable bonds is 8. The highest BCUT2D eigenvalue weighted by molar-refractivity contribution is 6.43. The van der Waals surface area contributed by atoms with Crippen molar-refractivity contribution in [2.45, 2.75) is 57.0 Å². The number of fused-ring (bicyclic) bond motifs is 1. The van der Waals surface area contributed by atoms with Crippen LogP contribution in [0.1, 0.15) is 67.3 Å². The molecular formula is C28H28Cl3FN4O. The molecule has 0 saturated heterocycles. The van der Waals surface area contributed by atoms with E-state index in [9.17, 15) is 0 Å². The third kappa shape index (κ3) is 5.16. The molecule has 37 heavy (non-hydrogen) atoms. The first-order valence-electron chi connectivity index (χ1n) is 12.5. The first kappa shape index (κ1) is 26.2. The second kappa shape index (κ2) is 10.4. The molecule has 0 amide bonds. The number of ether oxygens (including phenoxy) is 1. The van der Waals surface area contributed by atoms with Gasteiger partial charge in [0.2, 0.25) is 0 Å². The molecule has 1 fully saturated rings. The van der Waals surface area contributed by atoms with E-state index in [4.69, 9.17) is 50.3 Å². The van der Waals surface area contributed by atoms with Gasteiger partial charge in [-0.2, -0.15) is 0 Å². The summed E-state index contributed by atoms with van der Waals surface area (Å²) in [6, 6.07) is 7.50. The molecule has 3 heterocycles. The van der Waals surface area contributed by atoms with E-state index in [0.29, 0.717) is 70.8 Å². The van der Waals surface area contributed by atoms with Crippen molar-refractivity contribution in [2.24, 2.45) is 4.99 Å². The summed E-state index contributed by atoms with van der Waals surface area (Å²) in [6.07, 6.45) is 5.62. The fraction of sp³-hybridized carbons (Fsp3) is 0.393. The fourth-order valence-corrected chi connectivity index (χ4v) is 5.43. The zero-order valence-corrected chi connectivity index (χ0v) is 23.0. The maximum atomic E-state index is 16.0. The monoisotopic (exact) mass is 560 g/mol. The number of aliphatic imine (C=N–C) groups is 1. The lowest BCUT2D eigenvalue weighted by Gasteiger charge is -2.23. The highest BCUT2D eigenvalue weighted by atomic mass is 35.5. The van der Waals surface area contributed by atoms with Crippen molar-refractivity contribution in [3.05, 3.63) is 68.0 Å². The van der Waals surface area contributed by atoms with Gasteiger partial charge in [0.05, 0.1) is 22.3 Å². The van der Waals surface area contributed by atoms with Crippen LogP contribution in [-0.4, -0.2) is 35.0 Å². The van der Waals surface area contributed by atoms with Gasteiger partial charge in [-0.15, -0.1) is 0 Å². The van der Waals surface area contributed by atoms with Crippen LogP contribution < -0.4 is 10.5 Å². The Labute approximate surface area is 231 Å². The number of hydrogen-bond donors (Lipinski definition) is 1. The molecule has 3 aromatic rings. The minimum atomic E-state index is -1.36. The van der Waals surface area contributed by atoms with Gasteiger partial charge in [-0.1, -0.05) is 48.7 Å². The van der Waals surface area contributed by atoms with Gasteiger partial charge in [-0.3, -0.25) is 4.99 Å². The molecule has 9 heteroatoms. The van der Waals surface area contributed by atoms with Gasteiger partial charge in [0.1, 0.15) is 22.3 Å². The van der Waals surface area contributed by atoms with E-state index in [2.05, 4.69) is 23.8 Å². The zero-order valence-electron chi connectivity index (χ0n) is 20.7. The van der Waals surface area contributed by atoms with E-state index in [1.807, 2.05) is 18.2 Å². The van der Waals surface area contributed by atoms with Crippen LogP contribution in [0.2, 0.25) is 15.2 Å². The van der Waals surface area contributed by atoms with Crippen LogP contribution >= 0.6 is 34.8 Å². The standard InChI is InChI=1S/C28H28Cl3FN4O/c1-3-7-34-13-17-9-16(11-21(29)24(17)33)10-20(28(32)5-6-28)22-12-19-15(2)14-37-26(19)25(36-22)18-4-8-35-27(31)23(18)30/h4,8-9,11-13,15,20H,3,5-7,10,14,33H2,1-2H3. The summed E-state index contributed by atoms with van der Waals surface area (Å²) in [5.74, 6) is 0.308. The molecule has 5 rings (SSSR count). The average Bonchev–Trinajstić information content (AvgIpc) is 3.52. The predicted octanol–water partition coefficient (Wildman–Crippen LogP) is 7.84. The highest BCUT2D eigenvalue weighted by Gasteiger charge is 2.51. The summed E-state index contributed by atoms with van der Waals surface area (Å²) in [5, 5.41) is 0.903. The molecule has 0 bridgehead atoms. The van der Waals surface area contributed by atoms with E-state index in [-0.39, 0.29) is 11.1 Å². The number of nitrogens with two attached hydrogens (primary N) is 1. The van der Waals surface area contributed by atoms with Crippen molar-refractivity contribution in [2.75, 3.05) is 18.9 Å². The number of nitrogen functional groups attached to an aromatic ring is 1. The van der Waals surface area contributed by atoms with E-state index in [1.54, 1.807) is 18.5 Å². The number of nitrogens with zero attached hydrogens (tertiary/aromatic N) is 3. The Morgan fingerprint density at radius 3 is 2.78 bits per heavy atom. The number of alkyl halides is 1. The molecule has 5 nitrogen and oxygen atoms in total. The summed E-state index contributed by atoms with van der Waals surface area (Å²) in [6.45, 7) is 5.35. The van der Waals surface area contributed by atoms with Crippen molar-refractivity contribution < 1.29 is 9.13 Å². The lowest BCUT2D eigenvalue weighted by atomic mass is 9.87. The lowest BCUT2D eigenvalue weighted by Crippen LogP contribution is -2.20. The minimum absolute atomic E-state index is 0.134. The Bertz CT molecular complexity index is 1380. The highest BCUT2D eigenvalue weighted by Crippen LogP contribution is 2.54. The number of benzene rings is 1. The molecule has 2 aliphatic rings. The van der Waals surface area contributed by atoms with Crippen LogP contribution in [0.25, 0.3) is 11.3 Å². The maximum absolute atomic E-state index is 16.0. The van der Waals surface area contributed by atoms with E-state index < -0.39 is 11.6 Å².